The Hall–Kier alpha value is -3.21. The smallest absolute Gasteiger partial charge is 0.253 e. The molecule has 1 fully saturated rings. The van der Waals surface area contributed by atoms with Crippen LogP contribution >= 0.6 is 0 Å². The third-order valence-corrected chi connectivity index (χ3v) is 5.25. The van der Waals surface area contributed by atoms with Crippen molar-refractivity contribution in [3.63, 3.8) is 0 Å². The first-order valence-electron chi connectivity index (χ1n) is 9.67. The van der Waals surface area contributed by atoms with Gasteiger partial charge >= 0.3 is 0 Å². The van der Waals surface area contributed by atoms with Crippen LogP contribution in [0.1, 0.15) is 28.8 Å². The van der Waals surface area contributed by atoms with Gasteiger partial charge in [0.25, 0.3) is 5.91 Å². The van der Waals surface area contributed by atoms with Gasteiger partial charge in [0.05, 0.1) is 5.69 Å². The topological polar surface area (TPSA) is 55.2 Å². The monoisotopic (exact) mass is 373 g/mol. The lowest BCUT2D eigenvalue weighted by molar-refractivity contribution is -0.123. The van der Waals surface area contributed by atoms with Gasteiger partial charge < -0.3 is 4.90 Å². The number of carbonyl (C=O) groups excluding carboxylic acids is 2. The molecule has 1 saturated heterocycles. The molecule has 1 amide bonds. The van der Waals surface area contributed by atoms with Crippen molar-refractivity contribution in [2.75, 3.05) is 13.1 Å². The summed E-state index contributed by atoms with van der Waals surface area (Å²) in [6.07, 6.45) is 5.70. The normalized spacial score (nSPS) is 16.7. The fraction of sp³-hybridized carbons (Fsp3) is 0.261. The highest BCUT2D eigenvalue weighted by atomic mass is 16.2. The summed E-state index contributed by atoms with van der Waals surface area (Å²) >= 11 is 0. The number of carbonyl (C=O) groups is 2. The number of aromatic nitrogens is 2. The number of nitrogens with zero attached hydrogens (tertiary/aromatic N) is 3. The molecule has 5 heteroatoms. The van der Waals surface area contributed by atoms with Crippen LogP contribution in [0.15, 0.2) is 73.1 Å². The van der Waals surface area contributed by atoms with Gasteiger partial charge in [-0.15, -0.1) is 0 Å². The van der Waals surface area contributed by atoms with E-state index < -0.39 is 0 Å². The highest BCUT2D eigenvalue weighted by molar-refractivity contribution is 5.95. The van der Waals surface area contributed by atoms with Crippen molar-refractivity contribution < 1.29 is 9.59 Å². The number of hydrogen-bond acceptors (Lipinski definition) is 3. The third kappa shape index (κ3) is 4.03. The van der Waals surface area contributed by atoms with Crippen LogP contribution in [0.5, 0.6) is 0 Å². The predicted octanol–water partition coefficient (Wildman–Crippen LogP) is 3.54. The van der Waals surface area contributed by atoms with Crippen LogP contribution < -0.4 is 0 Å². The molecule has 0 aliphatic carbocycles. The summed E-state index contributed by atoms with van der Waals surface area (Å²) < 4.78 is 1.74. The molecule has 0 bridgehead atoms. The van der Waals surface area contributed by atoms with Crippen LogP contribution in [0.3, 0.4) is 0 Å². The summed E-state index contributed by atoms with van der Waals surface area (Å²) in [4.78, 5) is 27.6. The molecule has 5 nitrogen and oxygen atoms in total. The minimum Gasteiger partial charge on any atom is -0.338 e. The Bertz CT molecular complexity index is 951. The number of benzene rings is 2. The molecule has 4 rings (SSSR count). The number of rotatable bonds is 5. The SMILES string of the molecule is O=C(Cc1ccccc1)[C@H]1CCCN(C(=O)c2cccc(-n3cccn3)c2)C1. The van der Waals surface area contributed by atoms with Crippen LogP contribution in [0.4, 0.5) is 0 Å². The lowest BCUT2D eigenvalue weighted by Gasteiger charge is -2.32. The minimum absolute atomic E-state index is 0.0220. The summed E-state index contributed by atoms with van der Waals surface area (Å²) in [6.45, 7) is 1.19. The van der Waals surface area contributed by atoms with Gasteiger partial charge in [-0.05, 0) is 42.7 Å². The van der Waals surface area contributed by atoms with Gasteiger partial charge in [-0.2, -0.15) is 5.10 Å². The zero-order valence-electron chi connectivity index (χ0n) is 15.7. The number of Topliss-reactive ketones (excluding diaryl/α,β-unsaturated/α-hetero) is 1. The van der Waals surface area contributed by atoms with Crippen molar-refractivity contribution in [2.24, 2.45) is 5.92 Å². The van der Waals surface area contributed by atoms with Crippen molar-refractivity contribution in [2.45, 2.75) is 19.3 Å². The highest BCUT2D eigenvalue weighted by Gasteiger charge is 2.28. The maximum Gasteiger partial charge on any atom is 0.253 e. The first-order valence-corrected chi connectivity index (χ1v) is 9.67. The Balaban J connectivity index is 1.45. The Morgan fingerprint density at radius 2 is 1.89 bits per heavy atom. The second-order valence-corrected chi connectivity index (χ2v) is 7.22. The first kappa shape index (κ1) is 18.2. The molecule has 0 N–H and O–H groups in total. The first-order chi connectivity index (χ1) is 13.7. The second kappa shape index (κ2) is 8.21. The molecule has 0 radical (unpaired) electrons. The predicted molar refractivity (Wildman–Crippen MR) is 107 cm³/mol. The molecule has 28 heavy (non-hydrogen) atoms. The summed E-state index contributed by atoms with van der Waals surface area (Å²) in [7, 11) is 0. The fourth-order valence-electron chi connectivity index (χ4n) is 3.75. The van der Waals surface area contributed by atoms with Crippen molar-refractivity contribution >= 4 is 11.7 Å². The molecular formula is C23H23N3O2. The number of piperidine rings is 1. The van der Waals surface area contributed by atoms with E-state index in [0.717, 1.165) is 24.1 Å². The summed E-state index contributed by atoms with van der Waals surface area (Å²) in [5, 5.41) is 4.22. The van der Waals surface area contributed by atoms with E-state index in [4.69, 9.17) is 0 Å². The van der Waals surface area contributed by atoms with E-state index in [2.05, 4.69) is 5.10 Å². The van der Waals surface area contributed by atoms with Crippen molar-refractivity contribution in [3.8, 4) is 5.69 Å². The summed E-state index contributed by atoms with van der Waals surface area (Å²) in [6, 6.07) is 19.1. The van der Waals surface area contributed by atoms with Crippen LogP contribution in [0, 0.1) is 5.92 Å². The van der Waals surface area contributed by atoms with Crippen LogP contribution in [-0.2, 0) is 11.2 Å². The van der Waals surface area contributed by atoms with Crippen LogP contribution in [0.2, 0.25) is 0 Å². The third-order valence-electron chi connectivity index (χ3n) is 5.25. The van der Waals surface area contributed by atoms with Gasteiger partial charge in [-0.1, -0.05) is 36.4 Å². The molecule has 1 aromatic heterocycles. The van der Waals surface area contributed by atoms with E-state index in [1.54, 1.807) is 10.9 Å². The molecule has 0 saturated carbocycles. The largest absolute Gasteiger partial charge is 0.338 e. The Kier molecular flexibility index (Phi) is 5.33. The van der Waals surface area contributed by atoms with Crippen molar-refractivity contribution in [3.05, 3.63) is 84.2 Å². The van der Waals surface area contributed by atoms with Crippen molar-refractivity contribution in [1.29, 1.82) is 0 Å². The number of hydrogen-bond donors (Lipinski definition) is 0. The highest BCUT2D eigenvalue weighted by Crippen LogP contribution is 2.22. The van der Waals surface area contributed by atoms with Crippen molar-refractivity contribution in [1.82, 2.24) is 14.7 Å². The summed E-state index contributed by atoms with van der Waals surface area (Å²) in [5.74, 6) is 0.104. The molecule has 3 aromatic rings. The Morgan fingerprint density at radius 3 is 2.68 bits per heavy atom. The quantitative estimate of drug-likeness (QED) is 0.687. The molecule has 0 spiro atoms. The molecule has 0 unspecified atom stereocenters. The van der Waals surface area contributed by atoms with E-state index in [1.165, 1.54) is 0 Å². The van der Waals surface area contributed by atoms with Gasteiger partial charge in [0.2, 0.25) is 0 Å². The molecule has 2 aromatic carbocycles. The lowest BCUT2D eigenvalue weighted by Crippen LogP contribution is -2.42. The van der Waals surface area contributed by atoms with E-state index >= 15 is 0 Å². The molecule has 142 valence electrons. The molecule has 1 atom stereocenters. The van der Waals surface area contributed by atoms with E-state index in [0.29, 0.717) is 25.1 Å². The second-order valence-electron chi connectivity index (χ2n) is 7.22. The Morgan fingerprint density at radius 1 is 1.04 bits per heavy atom. The van der Waals surface area contributed by atoms with Crippen LogP contribution in [0.25, 0.3) is 5.69 Å². The maximum atomic E-state index is 13.0. The maximum absolute atomic E-state index is 13.0. The van der Waals surface area contributed by atoms with Gasteiger partial charge in [0, 0.05) is 43.4 Å². The summed E-state index contributed by atoms with van der Waals surface area (Å²) in [5.41, 5.74) is 2.51. The minimum atomic E-state index is -0.0906. The van der Waals surface area contributed by atoms with Gasteiger partial charge in [0.1, 0.15) is 5.78 Å². The molecular weight excluding hydrogens is 350 g/mol. The average molecular weight is 373 g/mol. The van der Waals surface area contributed by atoms with E-state index in [-0.39, 0.29) is 17.6 Å². The zero-order valence-corrected chi connectivity index (χ0v) is 15.7. The fourth-order valence-corrected chi connectivity index (χ4v) is 3.75. The standard InChI is InChI=1S/C23H23N3O2/c27-22(15-18-7-2-1-3-8-18)20-10-5-13-25(17-20)23(28)19-9-4-11-21(16-19)26-14-6-12-24-26/h1-4,6-9,11-12,14,16,20H,5,10,13,15,17H2/t20-/m0/s1. The van der Waals surface area contributed by atoms with Gasteiger partial charge in [-0.3, -0.25) is 9.59 Å². The molecule has 1 aliphatic heterocycles. The van der Waals surface area contributed by atoms with Crippen LogP contribution in [-0.4, -0.2) is 39.5 Å². The molecule has 2 heterocycles. The Labute approximate surface area is 164 Å². The lowest BCUT2D eigenvalue weighted by atomic mass is 9.90. The van der Waals surface area contributed by atoms with E-state index in [1.807, 2.05) is 71.8 Å². The molecule has 1 aliphatic rings. The number of amides is 1. The van der Waals surface area contributed by atoms with E-state index in [9.17, 15) is 9.59 Å². The van der Waals surface area contributed by atoms with Gasteiger partial charge in [0.15, 0.2) is 0 Å². The zero-order chi connectivity index (χ0) is 19.3. The number of ketones is 1. The average Bonchev–Trinajstić information content (AvgIpc) is 3.29. The number of likely N-dealkylation sites (tertiary alicyclic amines) is 1. The van der Waals surface area contributed by atoms with Gasteiger partial charge in [-0.25, -0.2) is 4.68 Å².